The number of hydrogen-bond donors (Lipinski definition) is 2. The van der Waals surface area contributed by atoms with E-state index >= 15 is 0 Å². The lowest BCUT2D eigenvalue weighted by Crippen LogP contribution is -1.78. The molecular weight excluding hydrogens is 212 g/mol. The fourth-order valence-electron chi connectivity index (χ4n) is 1.62. The molecule has 0 amide bonds. The number of aryl methyl sites for hydroxylation is 1. The molecule has 2 rings (SSSR count). The van der Waals surface area contributed by atoms with E-state index in [9.17, 15) is 10.2 Å². The Labute approximate surface area is 100 Å². The Kier molecular flexibility index (Phi) is 3.15. The van der Waals surface area contributed by atoms with Gasteiger partial charge in [0, 0.05) is 11.1 Å². The summed E-state index contributed by atoms with van der Waals surface area (Å²) in [4.78, 5) is 0. The number of benzene rings is 2. The molecule has 0 saturated heterocycles. The zero-order valence-corrected chi connectivity index (χ0v) is 9.59. The Bertz CT molecular complexity index is 557. The summed E-state index contributed by atoms with van der Waals surface area (Å²) in [5, 5.41) is 19.3. The minimum Gasteiger partial charge on any atom is -0.507 e. The summed E-state index contributed by atoms with van der Waals surface area (Å²) in [5.74, 6) is 0.471. The minimum absolute atomic E-state index is 0.232. The maximum absolute atomic E-state index is 9.67. The minimum atomic E-state index is 0.232. The molecule has 2 nitrogen and oxygen atoms in total. The molecule has 0 bridgehead atoms. The molecule has 0 heterocycles. The summed E-state index contributed by atoms with van der Waals surface area (Å²) in [6, 6.07) is 12.5. The van der Waals surface area contributed by atoms with Crippen LogP contribution in [0.25, 0.3) is 12.2 Å². The van der Waals surface area contributed by atoms with Gasteiger partial charge in [0.2, 0.25) is 0 Å². The van der Waals surface area contributed by atoms with E-state index in [1.807, 2.05) is 31.2 Å². The van der Waals surface area contributed by atoms with Gasteiger partial charge in [-0.15, -0.1) is 0 Å². The first-order chi connectivity index (χ1) is 8.16. The van der Waals surface area contributed by atoms with Crippen LogP contribution in [0, 0.1) is 6.92 Å². The molecule has 0 fully saturated rings. The van der Waals surface area contributed by atoms with E-state index < -0.39 is 0 Å². The standard InChI is InChI=1S/C15H14O2/c1-11-6-9-15(17)13(10-11)8-7-12-4-2-3-5-14(12)16/h2-10,16-17H,1H3/b8-7+. The average Bonchev–Trinajstić information content (AvgIpc) is 2.32. The third-order valence-electron chi connectivity index (χ3n) is 2.56. The predicted molar refractivity (Wildman–Crippen MR) is 69.9 cm³/mol. The molecule has 86 valence electrons. The van der Waals surface area contributed by atoms with Crippen molar-refractivity contribution in [2.45, 2.75) is 6.92 Å². The van der Waals surface area contributed by atoms with Gasteiger partial charge in [-0.3, -0.25) is 0 Å². The number of phenolic OH excluding ortho intramolecular Hbond substituents is 2. The molecule has 0 atom stereocenters. The van der Waals surface area contributed by atoms with Crippen molar-refractivity contribution in [3.05, 3.63) is 59.2 Å². The van der Waals surface area contributed by atoms with Crippen LogP contribution < -0.4 is 0 Å². The summed E-state index contributed by atoms with van der Waals surface area (Å²) >= 11 is 0. The average molecular weight is 226 g/mol. The summed E-state index contributed by atoms with van der Waals surface area (Å²) < 4.78 is 0. The van der Waals surface area contributed by atoms with Crippen molar-refractivity contribution in [3.63, 3.8) is 0 Å². The van der Waals surface area contributed by atoms with Gasteiger partial charge in [0.25, 0.3) is 0 Å². The van der Waals surface area contributed by atoms with Gasteiger partial charge in [0.15, 0.2) is 0 Å². The third kappa shape index (κ3) is 2.67. The van der Waals surface area contributed by atoms with E-state index in [-0.39, 0.29) is 11.5 Å². The lowest BCUT2D eigenvalue weighted by molar-refractivity contribution is 0.473. The molecule has 2 N–H and O–H groups in total. The van der Waals surface area contributed by atoms with Crippen molar-refractivity contribution in [1.29, 1.82) is 0 Å². The molecule has 0 aliphatic carbocycles. The van der Waals surface area contributed by atoms with Crippen molar-refractivity contribution in [3.8, 4) is 11.5 Å². The fraction of sp³-hybridized carbons (Fsp3) is 0.0667. The van der Waals surface area contributed by atoms with Crippen molar-refractivity contribution in [2.75, 3.05) is 0 Å². The Morgan fingerprint density at radius 3 is 2.24 bits per heavy atom. The van der Waals surface area contributed by atoms with E-state index in [4.69, 9.17) is 0 Å². The second-order valence-corrected chi connectivity index (χ2v) is 3.95. The second kappa shape index (κ2) is 4.74. The molecule has 0 unspecified atom stereocenters. The van der Waals surface area contributed by atoms with Gasteiger partial charge in [0.05, 0.1) is 0 Å². The van der Waals surface area contributed by atoms with Gasteiger partial charge in [-0.2, -0.15) is 0 Å². The van der Waals surface area contributed by atoms with Gasteiger partial charge in [-0.25, -0.2) is 0 Å². The first kappa shape index (κ1) is 11.3. The van der Waals surface area contributed by atoms with Gasteiger partial charge < -0.3 is 10.2 Å². The third-order valence-corrected chi connectivity index (χ3v) is 2.56. The normalized spacial score (nSPS) is 10.9. The summed E-state index contributed by atoms with van der Waals surface area (Å²) in [6.07, 6.45) is 3.57. The first-order valence-corrected chi connectivity index (χ1v) is 5.42. The van der Waals surface area contributed by atoms with Crippen LogP contribution in [0.1, 0.15) is 16.7 Å². The fourth-order valence-corrected chi connectivity index (χ4v) is 1.62. The van der Waals surface area contributed by atoms with Crippen LogP contribution in [-0.4, -0.2) is 10.2 Å². The maximum atomic E-state index is 9.67. The van der Waals surface area contributed by atoms with Crippen molar-refractivity contribution >= 4 is 12.2 Å². The maximum Gasteiger partial charge on any atom is 0.122 e. The van der Waals surface area contributed by atoms with Gasteiger partial charge in [-0.05, 0) is 25.1 Å². The highest BCUT2D eigenvalue weighted by atomic mass is 16.3. The van der Waals surface area contributed by atoms with Crippen LogP contribution in [0.4, 0.5) is 0 Å². The van der Waals surface area contributed by atoms with Crippen LogP contribution in [0.15, 0.2) is 42.5 Å². The molecule has 0 aliphatic rings. The molecule has 0 aliphatic heterocycles. The van der Waals surface area contributed by atoms with Crippen molar-refractivity contribution in [2.24, 2.45) is 0 Å². The molecule has 0 saturated carbocycles. The summed E-state index contributed by atoms with van der Waals surface area (Å²) in [5.41, 5.74) is 2.56. The van der Waals surface area contributed by atoms with Crippen LogP contribution in [0.5, 0.6) is 11.5 Å². The van der Waals surface area contributed by atoms with E-state index in [0.717, 1.165) is 16.7 Å². The van der Waals surface area contributed by atoms with E-state index in [1.54, 1.807) is 30.4 Å². The molecule has 2 heteroatoms. The Morgan fingerprint density at radius 2 is 1.47 bits per heavy atom. The zero-order chi connectivity index (χ0) is 12.3. The highest BCUT2D eigenvalue weighted by molar-refractivity contribution is 5.74. The van der Waals surface area contributed by atoms with Crippen LogP contribution >= 0.6 is 0 Å². The Balaban J connectivity index is 2.32. The predicted octanol–water partition coefficient (Wildman–Crippen LogP) is 3.58. The topological polar surface area (TPSA) is 40.5 Å². The zero-order valence-electron chi connectivity index (χ0n) is 9.59. The van der Waals surface area contributed by atoms with Gasteiger partial charge in [0.1, 0.15) is 11.5 Å². The number of hydrogen-bond acceptors (Lipinski definition) is 2. The SMILES string of the molecule is Cc1ccc(O)c(/C=C/c2ccccc2O)c1. The van der Waals surface area contributed by atoms with Crippen molar-refractivity contribution in [1.82, 2.24) is 0 Å². The quantitative estimate of drug-likeness (QED) is 0.768. The number of para-hydroxylation sites is 1. The van der Waals surface area contributed by atoms with Crippen LogP contribution in [0.3, 0.4) is 0 Å². The summed E-state index contributed by atoms with van der Waals surface area (Å²) in [7, 11) is 0. The van der Waals surface area contributed by atoms with Crippen LogP contribution in [0.2, 0.25) is 0 Å². The molecule has 17 heavy (non-hydrogen) atoms. The highest BCUT2D eigenvalue weighted by Crippen LogP contribution is 2.23. The first-order valence-electron chi connectivity index (χ1n) is 5.42. The van der Waals surface area contributed by atoms with Crippen molar-refractivity contribution < 1.29 is 10.2 Å². The molecular formula is C15H14O2. The monoisotopic (exact) mass is 226 g/mol. The second-order valence-electron chi connectivity index (χ2n) is 3.95. The lowest BCUT2D eigenvalue weighted by Gasteiger charge is -2.01. The molecule has 0 spiro atoms. The molecule has 2 aromatic carbocycles. The molecule has 0 aromatic heterocycles. The van der Waals surface area contributed by atoms with Gasteiger partial charge >= 0.3 is 0 Å². The largest absolute Gasteiger partial charge is 0.507 e. The molecule has 0 radical (unpaired) electrons. The number of phenols is 2. The number of aromatic hydroxyl groups is 2. The summed E-state index contributed by atoms with van der Waals surface area (Å²) in [6.45, 7) is 1.97. The van der Waals surface area contributed by atoms with E-state index in [0.29, 0.717) is 0 Å². The Hall–Kier alpha value is -2.22. The lowest BCUT2D eigenvalue weighted by atomic mass is 10.1. The Morgan fingerprint density at radius 1 is 0.824 bits per heavy atom. The number of rotatable bonds is 2. The van der Waals surface area contributed by atoms with E-state index in [2.05, 4.69) is 0 Å². The van der Waals surface area contributed by atoms with Gasteiger partial charge in [-0.1, -0.05) is 42.0 Å². The highest BCUT2D eigenvalue weighted by Gasteiger charge is 1.98. The molecule has 2 aromatic rings. The smallest absolute Gasteiger partial charge is 0.122 e. The van der Waals surface area contributed by atoms with Crippen LogP contribution in [-0.2, 0) is 0 Å². The van der Waals surface area contributed by atoms with E-state index in [1.165, 1.54) is 0 Å².